The minimum atomic E-state index is -1.07. The summed E-state index contributed by atoms with van der Waals surface area (Å²) in [7, 11) is 0. The molecule has 1 aromatic rings. The minimum Gasteiger partial charge on any atom is -0.459 e. The first-order chi connectivity index (χ1) is 12.5. The molecule has 3 nitrogen and oxygen atoms in total. The van der Waals surface area contributed by atoms with Crippen LogP contribution in [0.2, 0.25) is 0 Å². The van der Waals surface area contributed by atoms with E-state index in [0.717, 1.165) is 56.7 Å². The maximum atomic E-state index is 13.2. The fraction of sp³-hybridized carbons (Fsp3) is 0.400. The summed E-state index contributed by atoms with van der Waals surface area (Å²) in [5.74, 6) is -3.02. The zero-order valence-electron chi connectivity index (χ0n) is 14.3. The number of halogens is 3. The summed E-state index contributed by atoms with van der Waals surface area (Å²) >= 11 is 0. The third kappa shape index (κ3) is 6.07. The summed E-state index contributed by atoms with van der Waals surface area (Å²) in [4.78, 5) is 12.0. The van der Waals surface area contributed by atoms with Crippen LogP contribution in [0.15, 0.2) is 42.3 Å². The van der Waals surface area contributed by atoms with E-state index in [1.54, 1.807) is 0 Å². The van der Waals surface area contributed by atoms with Crippen molar-refractivity contribution in [2.45, 2.75) is 44.6 Å². The predicted octanol–water partition coefficient (Wildman–Crippen LogP) is 5.39. The van der Waals surface area contributed by atoms with E-state index >= 15 is 0 Å². The van der Waals surface area contributed by atoms with Crippen LogP contribution in [0.3, 0.4) is 0 Å². The number of allylic oxidation sites excluding steroid dienone is 4. The van der Waals surface area contributed by atoms with Gasteiger partial charge in [0, 0.05) is 0 Å². The first-order valence-electron chi connectivity index (χ1n) is 8.58. The lowest BCUT2D eigenvalue weighted by Gasteiger charge is -2.28. The molecule has 26 heavy (non-hydrogen) atoms. The number of ether oxygens (including phenoxy) is 1. The molecule has 0 radical (unpaired) electrons. The number of benzene rings is 1. The molecule has 1 aliphatic rings. The Bertz CT molecular complexity index is 729. The SMILES string of the molecule is N#CC(F)=CC=CCCC1CCC(OC(=O)c2ccc(F)c(F)c2)CC1. The van der Waals surface area contributed by atoms with Crippen LogP contribution in [0, 0.1) is 28.9 Å². The van der Waals surface area contributed by atoms with Gasteiger partial charge in [-0.2, -0.15) is 9.65 Å². The largest absolute Gasteiger partial charge is 0.459 e. The van der Waals surface area contributed by atoms with Crippen molar-refractivity contribution in [3.05, 3.63) is 59.5 Å². The van der Waals surface area contributed by atoms with Gasteiger partial charge in [-0.25, -0.2) is 13.6 Å². The first kappa shape index (κ1) is 19.8. The summed E-state index contributed by atoms with van der Waals surface area (Å²) < 4.78 is 44.1. The molecule has 138 valence electrons. The minimum absolute atomic E-state index is 0.00816. The molecule has 0 unspecified atom stereocenters. The summed E-state index contributed by atoms with van der Waals surface area (Å²) in [6.45, 7) is 0. The van der Waals surface area contributed by atoms with Crippen molar-refractivity contribution in [3.8, 4) is 6.07 Å². The van der Waals surface area contributed by atoms with Gasteiger partial charge in [0.25, 0.3) is 0 Å². The highest BCUT2D eigenvalue weighted by Gasteiger charge is 2.24. The molecule has 1 aromatic carbocycles. The molecule has 1 saturated carbocycles. The Labute approximate surface area is 150 Å². The zero-order chi connectivity index (χ0) is 18.9. The van der Waals surface area contributed by atoms with E-state index in [0.29, 0.717) is 5.92 Å². The second kappa shape index (κ2) is 9.81. The molecule has 1 fully saturated rings. The van der Waals surface area contributed by atoms with Crippen molar-refractivity contribution in [1.29, 1.82) is 5.26 Å². The molecule has 2 rings (SSSR count). The van der Waals surface area contributed by atoms with Gasteiger partial charge in [0.05, 0.1) is 5.56 Å². The topological polar surface area (TPSA) is 50.1 Å². The number of carbonyl (C=O) groups is 1. The van der Waals surface area contributed by atoms with Crippen molar-refractivity contribution >= 4 is 5.97 Å². The van der Waals surface area contributed by atoms with E-state index < -0.39 is 23.4 Å². The predicted molar refractivity (Wildman–Crippen MR) is 90.7 cm³/mol. The molecule has 0 N–H and O–H groups in total. The second-order valence-corrected chi connectivity index (χ2v) is 6.31. The fourth-order valence-corrected chi connectivity index (χ4v) is 3.00. The molecule has 0 bridgehead atoms. The van der Waals surface area contributed by atoms with Crippen LogP contribution < -0.4 is 0 Å². The van der Waals surface area contributed by atoms with Gasteiger partial charge >= 0.3 is 5.97 Å². The van der Waals surface area contributed by atoms with Gasteiger partial charge in [0.1, 0.15) is 12.2 Å². The van der Waals surface area contributed by atoms with E-state index in [2.05, 4.69) is 0 Å². The second-order valence-electron chi connectivity index (χ2n) is 6.31. The van der Waals surface area contributed by atoms with Crippen molar-refractivity contribution in [1.82, 2.24) is 0 Å². The Morgan fingerprint density at radius 1 is 1.23 bits per heavy atom. The van der Waals surface area contributed by atoms with Crippen LogP contribution in [0.1, 0.15) is 48.9 Å². The average molecular weight is 363 g/mol. The van der Waals surface area contributed by atoms with Crippen LogP contribution in [0.5, 0.6) is 0 Å². The van der Waals surface area contributed by atoms with Crippen molar-refractivity contribution < 1.29 is 22.7 Å². The fourth-order valence-electron chi connectivity index (χ4n) is 3.00. The van der Waals surface area contributed by atoms with Crippen LogP contribution in [-0.4, -0.2) is 12.1 Å². The normalized spacial score (nSPS) is 20.8. The monoisotopic (exact) mass is 363 g/mol. The van der Waals surface area contributed by atoms with Gasteiger partial charge in [0.2, 0.25) is 0 Å². The van der Waals surface area contributed by atoms with Crippen LogP contribution >= 0.6 is 0 Å². The van der Waals surface area contributed by atoms with Gasteiger partial charge in [-0.3, -0.25) is 0 Å². The van der Waals surface area contributed by atoms with E-state index in [4.69, 9.17) is 10.00 Å². The highest BCUT2D eigenvalue weighted by Crippen LogP contribution is 2.30. The lowest BCUT2D eigenvalue weighted by Crippen LogP contribution is -2.24. The highest BCUT2D eigenvalue weighted by atomic mass is 19.2. The van der Waals surface area contributed by atoms with Gasteiger partial charge in [-0.1, -0.05) is 12.2 Å². The van der Waals surface area contributed by atoms with Gasteiger partial charge < -0.3 is 4.74 Å². The standard InChI is InChI=1S/C20H20F3NO2/c21-16(13-24)5-3-1-2-4-14-6-9-17(10-7-14)26-20(25)15-8-11-18(22)19(23)12-15/h1,3,5,8,11-12,14,17H,2,4,6-7,9-10H2. The molecular formula is C20H20F3NO2. The maximum absolute atomic E-state index is 13.2. The number of hydrogen-bond acceptors (Lipinski definition) is 3. The van der Waals surface area contributed by atoms with Crippen LogP contribution in [0.4, 0.5) is 13.2 Å². The molecule has 0 amide bonds. The van der Waals surface area contributed by atoms with Crippen LogP contribution in [0.25, 0.3) is 0 Å². The number of carbonyl (C=O) groups excluding carboxylic acids is 1. The molecule has 0 spiro atoms. The van der Waals surface area contributed by atoms with Crippen molar-refractivity contribution in [2.24, 2.45) is 5.92 Å². The summed E-state index contributed by atoms with van der Waals surface area (Å²) in [5, 5.41) is 8.28. The Kier molecular flexibility index (Phi) is 7.46. The van der Waals surface area contributed by atoms with Crippen LogP contribution in [-0.2, 0) is 4.74 Å². The molecule has 1 aliphatic carbocycles. The molecule has 0 saturated heterocycles. The maximum Gasteiger partial charge on any atom is 0.338 e. The Balaban J connectivity index is 1.72. The third-order valence-electron chi connectivity index (χ3n) is 4.45. The molecule has 0 aromatic heterocycles. The molecule has 6 heteroatoms. The number of hydrogen-bond donors (Lipinski definition) is 0. The lowest BCUT2D eigenvalue weighted by molar-refractivity contribution is 0.0162. The summed E-state index contributed by atoms with van der Waals surface area (Å²) in [6, 6.07) is 4.37. The average Bonchev–Trinajstić information content (AvgIpc) is 2.64. The molecule has 0 atom stereocenters. The van der Waals surface area contributed by atoms with Gasteiger partial charge in [-0.05, 0) is 68.7 Å². The highest BCUT2D eigenvalue weighted by molar-refractivity contribution is 5.89. The Morgan fingerprint density at radius 2 is 1.96 bits per heavy atom. The van der Waals surface area contributed by atoms with E-state index in [-0.39, 0.29) is 11.7 Å². The quantitative estimate of drug-likeness (QED) is 0.387. The van der Waals surface area contributed by atoms with E-state index in [1.807, 2.05) is 6.08 Å². The van der Waals surface area contributed by atoms with E-state index in [1.165, 1.54) is 18.2 Å². The zero-order valence-corrected chi connectivity index (χ0v) is 14.3. The summed E-state index contributed by atoms with van der Waals surface area (Å²) in [5.41, 5.74) is 0.00816. The van der Waals surface area contributed by atoms with Crippen molar-refractivity contribution in [3.63, 3.8) is 0 Å². The number of rotatable bonds is 6. The molecular weight excluding hydrogens is 343 g/mol. The summed E-state index contributed by atoms with van der Waals surface area (Å²) in [6.07, 6.45) is 9.29. The number of nitrogens with zero attached hydrogens (tertiary/aromatic N) is 1. The third-order valence-corrected chi connectivity index (χ3v) is 4.45. The van der Waals surface area contributed by atoms with E-state index in [9.17, 15) is 18.0 Å². The number of esters is 1. The molecule has 0 heterocycles. The smallest absolute Gasteiger partial charge is 0.338 e. The number of nitriles is 1. The Morgan fingerprint density at radius 3 is 2.62 bits per heavy atom. The lowest BCUT2D eigenvalue weighted by atomic mass is 9.84. The van der Waals surface area contributed by atoms with Gasteiger partial charge in [0.15, 0.2) is 17.5 Å². The molecule has 0 aliphatic heterocycles. The first-order valence-corrected chi connectivity index (χ1v) is 8.58. The van der Waals surface area contributed by atoms with Gasteiger partial charge in [-0.15, -0.1) is 0 Å². The van der Waals surface area contributed by atoms with Crippen molar-refractivity contribution in [2.75, 3.05) is 0 Å². The Hall–Kier alpha value is -2.55.